The fraction of sp³-hybridized carbons (Fsp3) is 0.321. The zero-order chi connectivity index (χ0) is 27.4. The Balaban J connectivity index is 1.85. The first-order valence-electron chi connectivity index (χ1n) is 12.2. The number of rotatable bonds is 9. The van der Waals surface area contributed by atoms with Crippen molar-refractivity contribution in [1.82, 2.24) is 4.57 Å². The highest BCUT2D eigenvalue weighted by molar-refractivity contribution is 7.07. The second kappa shape index (κ2) is 12.2. The minimum Gasteiger partial charge on any atom is -0.493 e. The summed E-state index contributed by atoms with van der Waals surface area (Å²) in [4.78, 5) is 31.7. The number of esters is 1. The summed E-state index contributed by atoms with van der Waals surface area (Å²) in [7, 11) is 2.87. The van der Waals surface area contributed by atoms with Crippen LogP contribution in [-0.2, 0) is 9.53 Å². The Morgan fingerprint density at radius 3 is 2.58 bits per heavy atom. The standard InChI is InChI=1S/C28H28Cl2N2O5S/c1-5-6-7-12-37-21-11-9-18(15-22(21)35-3)25-24(27(34)36-4)16(2)31-28-32(25)26(33)23(38-28)14-17-8-10-19(29)20(30)13-17/h8-11,13-15,25H,5-7,12H2,1-4H3. The first kappa shape index (κ1) is 28.0. The van der Waals surface area contributed by atoms with Crippen LogP contribution in [0.5, 0.6) is 11.5 Å². The lowest BCUT2D eigenvalue weighted by atomic mass is 9.95. The molecule has 1 aliphatic heterocycles. The number of hydrogen-bond donors (Lipinski definition) is 0. The predicted octanol–water partition coefficient (Wildman–Crippen LogP) is 5.29. The smallest absolute Gasteiger partial charge is 0.338 e. The topological polar surface area (TPSA) is 79.1 Å². The number of hydrogen-bond acceptors (Lipinski definition) is 7. The van der Waals surface area contributed by atoms with Crippen molar-refractivity contribution in [3.8, 4) is 11.5 Å². The number of benzene rings is 2. The van der Waals surface area contributed by atoms with Crippen LogP contribution >= 0.6 is 34.5 Å². The number of aromatic nitrogens is 1. The SMILES string of the molecule is CCCCCOc1ccc(C2C(C(=O)OC)=C(C)N=c3sc(=Cc4ccc(Cl)c(Cl)c4)c(=O)n32)cc1OC. The summed E-state index contributed by atoms with van der Waals surface area (Å²) in [6.07, 6.45) is 4.83. The third-order valence-electron chi connectivity index (χ3n) is 6.18. The maximum atomic E-state index is 13.7. The average Bonchev–Trinajstić information content (AvgIpc) is 3.21. The summed E-state index contributed by atoms with van der Waals surface area (Å²) in [5.41, 5.74) is 1.84. The normalized spacial score (nSPS) is 15.2. The highest BCUT2D eigenvalue weighted by Gasteiger charge is 2.33. The van der Waals surface area contributed by atoms with Gasteiger partial charge in [-0.25, -0.2) is 9.79 Å². The van der Waals surface area contributed by atoms with Crippen LogP contribution in [0.15, 0.2) is 57.5 Å². The van der Waals surface area contributed by atoms with Crippen molar-refractivity contribution in [2.75, 3.05) is 20.8 Å². The Kier molecular flexibility index (Phi) is 8.97. The van der Waals surface area contributed by atoms with Crippen LogP contribution in [0.3, 0.4) is 0 Å². The number of ether oxygens (including phenoxy) is 3. The molecule has 0 fully saturated rings. The molecule has 0 saturated heterocycles. The van der Waals surface area contributed by atoms with Gasteiger partial charge in [-0.05, 0) is 54.8 Å². The number of allylic oxidation sites excluding steroid dienone is 1. The Morgan fingerprint density at radius 1 is 1.11 bits per heavy atom. The second-order valence-corrected chi connectivity index (χ2v) is 10.5. The summed E-state index contributed by atoms with van der Waals surface area (Å²) in [5.74, 6) is 0.546. The van der Waals surface area contributed by atoms with E-state index in [4.69, 9.17) is 37.4 Å². The molecule has 0 saturated carbocycles. The molecular weight excluding hydrogens is 547 g/mol. The van der Waals surface area contributed by atoms with Crippen LogP contribution in [0.4, 0.5) is 0 Å². The van der Waals surface area contributed by atoms with E-state index < -0.39 is 12.0 Å². The van der Waals surface area contributed by atoms with E-state index in [9.17, 15) is 9.59 Å². The predicted molar refractivity (Wildman–Crippen MR) is 150 cm³/mol. The fourth-order valence-electron chi connectivity index (χ4n) is 4.27. The van der Waals surface area contributed by atoms with Crippen molar-refractivity contribution < 1.29 is 19.0 Å². The van der Waals surface area contributed by atoms with E-state index in [1.54, 1.807) is 50.4 Å². The lowest BCUT2D eigenvalue weighted by Gasteiger charge is -2.25. The molecule has 1 unspecified atom stereocenters. The van der Waals surface area contributed by atoms with Crippen LogP contribution in [0.2, 0.25) is 10.0 Å². The summed E-state index contributed by atoms with van der Waals surface area (Å²) in [6, 6.07) is 9.80. The van der Waals surface area contributed by atoms with Gasteiger partial charge in [-0.3, -0.25) is 9.36 Å². The van der Waals surface area contributed by atoms with Crippen LogP contribution in [0.25, 0.3) is 6.08 Å². The highest BCUT2D eigenvalue weighted by atomic mass is 35.5. The Hall–Kier alpha value is -3.07. The van der Waals surface area contributed by atoms with E-state index in [1.165, 1.54) is 23.0 Å². The first-order valence-corrected chi connectivity index (χ1v) is 13.7. The quantitative estimate of drug-likeness (QED) is 0.256. The molecule has 4 rings (SSSR count). The van der Waals surface area contributed by atoms with Crippen LogP contribution in [0, 0.1) is 0 Å². The van der Waals surface area contributed by atoms with E-state index in [1.807, 2.05) is 6.07 Å². The van der Waals surface area contributed by atoms with Crippen molar-refractivity contribution in [1.29, 1.82) is 0 Å². The van der Waals surface area contributed by atoms with Crippen LogP contribution < -0.4 is 24.4 Å². The van der Waals surface area contributed by atoms with Gasteiger partial charge in [-0.15, -0.1) is 0 Å². The molecule has 0 aliphatic carbocycles. The molecule has 0 N–H and O–H groups in total. The molecule has 0 radical (unpaired) electrons. The second-order valence-electron chi connectivity index (χ2n) is 8.71. The zero-order valence-corrected chi connectivity index (χ0v) is 23.9. The van der Waals surface area contributed by atoms with E-state index in [0.29, 0.717) is 48.7 Å². The van der Waals surface area contributed by atoms with Crippen molar-refractivity contribution in [3.05, 3.63) is 88.5 Å². The van der Waals surface area contributed by atoms with Gasteiger partial charge in [0.25, 0.3) is 5.56 Å². The Morgan fingerprint density at radius 2 is 1.89 bits per heavy atom. The van der Waals surface area contributed by atoms with E-state index in [2.05, 4.69) is 11.9 Å². The zero-order valence-electron chi connectivity index (χ0n) is 21.5. The lowest BCUT2D eigenvalue weighted by molar-refractivity contribution is -0.136. The maximum absolute atomic E-state index is 13.7. The van der Waals surface area contributed by atoms with Crippen LogP contribution in [0.1, 0.15) is 50.3 Å². The molecule has 0 bridgehead atoms. The monoisotopic (exact) mass is 574 g/mol. The molecule has 38 heavy (non-hydrogen) atoms. The molecule has 2 aromatic carbocycles. The largest absolute Gasteiger partial charge is 0.493 e. The van der Waals surface area contributed by atoms with E-state index in [0.717, 1.165) is 24.8 Å². The molecular formula is C28H28Cl2N2O5S. The molecule has 2 heterocycles. The van der Waals surface area contributed by atoms with Crippen molar-refractivity contribution in [3.63, 3.8) is 0 Å². The summed E-state index contributed by atoms with van der Waals surface area (Å²) in [6.45, 7) is 4.44. The number of nitrogens with zero attached hydrogens (tertiary/aromatic N) is 2. The molecule has 1 atom stereocenters. The average molecular weight is 576 g/mol. The number of carbonyl (C=O) groups excluding carboxylic acids is 1. The molecule has 1 aliphatic rings. The van der Waals surface area contributed by atoms with Gasteiger partial charge in [0, 0.05) is 0 Å². The Bertz CT molecular complexity index is 1570. The van der Waals surface area contributed by atoms with Crippen LogP contribution in [-0.4, -0.2) is 31.4 Å². The number of thiazole rings is 1. The molecule has 10 heteroatoms. The third kappa shape index (κ3) is 5.67. The molecule has 3 aromatic rings. The summed E-state index contributed by atoms with van der Waals surface area (Å²) >= 11 is 13.4. The minimum absolute atomic E-state index is 0.277. The van der Waals surface area contributed by atoms with Gasteiger partial charge in [-0.2, -0.15) is 0 Å². The first-order chi connectivity index (χ1) is 18.3. The maximum Gasteiger partial charge on any atom is 0.338 e. The molecule has 200 valence electrons. The van der Waals surface area contributed by atoms with Gasteiger partial charge in [0.1, 0.15) is 0 Å². The lowest BCUT2D eigenvalue weighted by Crippen LogP contribution is -2.39. The minimum atomic E-state index is -0.766. The van der Waals surface area contributed by atoms with Gasteiger partial charge in [0.05, 0.1) is 52.7 Å². The summed E-state index contributed by atoms with van der Waals surface area (Å²) in [5, 5.41) is 0.814. The number of methoxy groups -OCH3 is 2. The number of halogens is 2. The van der Waals surface area contributed by atoms with E-state index >= 15 is 0 Å². The number of fused-ring (bicyclic) bond motifs is 1. The van der Waals surface area contributed by atoms with Crippen molar-refractivity contribution >= 4 is 46.6 Å². The fourth-order valence-corrected chi connectivity index (χ4v) is 5.62. The van der Waals surface area contributed by atoms with Crippen molar-refractivity contribution in [2.24, 2.45) is 4.99 Å². The summed E-state index contributed by atoms with van der Waals surface area (Å²) < 4.78 is 18.6. The number of unbranched alkanes of at least 4 members (excludes halogenated alkanes) is 2. The van der Waals surface area contributed by atoms with Gasteiger partial charge >= 0.3 is 5.97 Å². The van der Waals surface area contributed by atoms with Gasteiger partial charge in [-0.1, -0.05) is 66.4 Å². The molecule has 1 aromatic heterocycles. The van der Waals surface area contributed by atoms with Crippen molar-refractivity contribution in [2.45, 2.75) is 39.2 Å². The molecule has 0 spiro atoms. The van der Waals surface area contributed by atoms with Gasteiger partial charge in [0.15, 0.2) is 16.3 Å². The third-order valence-corrected chi connectivity index (χ3v) is 7.90. The molecule has 7 nitrogen and oxygen atoms in total. The molecule has 0 amide bonds. The highest BCUT2D eigenvalue weighted by Crippen LogP contribution is 2.36. The van der Waals surface area contributed by atoms with Gasteiger partial charge < -0.3 is 14.2 Å². The number of carbonyl (C=O) groups is 1. The van der Waals surface area contributed by atoms with Gasteiger partial charge in [0.2, 0.25) is 0 Å². The Labute approximate surface area is 234 Å². The van der Waals surface area contributed by atoms with E-state index in [-0.39, 0.29) is 11.1 Å².